The number of aromatic nitrogens is 2. The average molecular weight is 421 g/mol. The van der Waals surface area contributed by atoms with Crippen molar-refractivity contribution in [1.29, 1.82) is 0 Å². The molecular formula is C16H19ClFIN2. The van der Waals surface area contributed by atoms with E-state index in [2.05, 4.69) is 16.5 Å². The minimum absolute atomic E-state index is 0.174. The first-order valence-electron chi connectivity index (χ1n) is 7.53. The van der Waals surface area contributed by atoms with Gasteiger partial charge in [0.25, 0.3) is 0 Å². The lowest BCUT2D eigenvalue weighted by atomic mass is 9.96. The van der Waals surface area contributed by atoms with Gasteiger partial charge in [0.05, 0.1) is 20.5 Å². The number of rotatable bonds is 2. The topological polar surface area (TPSA) is 17.8 Å². The van der Waals surface area contributed by atoms with Gasteiger partial charge in [0.15, 0.2) is 0 Å². The van der Waals surface area contributed by atoms with Crippen molar-refractivity contribution in [2.45, 2.75) is 50.9 Å². The van der Waals surface area contributed by atoms with Crippen molar-refractivity contribution in [1.82, 2.24) is 9.55 Å². The molecule has 2 aromatic rings. The van der Waals surface area contributed by atoms with Gasteiger partial charge >= 0.3 is 0 Å². The van der Waals surface area contributed by atoms with Gasteiger partial charge in [0.1, 0.15) is 11.6 Å². The van der Waals surface area contributed by atoms with Crippen LogP contribution in [-0.2, 0) is 5.88 Å². The van der Waals surface area contributed by atoms with Gasteiger partial charge in [-0.15, -0.1) is 11.6 Å². The summed E-state index contributed by atoms with van der Waals surface area (Å²) in [7, 11) is 0. The van der Waals surface area contributed by atoms with Gasteiger partial charge in [0.2, 0.25) is 0 Å². The Labute approximate surface area is 143 Å². The number of imidazole rings is 1. The van der Waals surface area contributed by atoms with E-state index in [9.17, 15) is 4.39 Å². The second kappa shape index (κ2) is 6.41. The van der Waals surface area contributed by atoms with E-state index in [1.807, 2.05) is 28.7 Å². The summed E-state index contributed by atoms with van der Waals surface area (Å²) >= 11 is 8.12. The summed E-state index contributed by atoms with van der Waals surface area (Å²) in [6, 6.07) is 3.82. The van der Waals surface area contributed by atoms with E-state index in [4.69, 9.17) is 11.6 Å². The lowest BCUT2D eigenvalue weighted by molar-refractivity contribution is 0.335. The molecule has 0 saturated heterocycles. The third-order valence-electron chi connectivity index (χ3n) is 4.57. The highest BCUT2D eigenvalue weighted by Crippen LogP contribution is 2.36. The maximum Gasteiger partial charge on any atom is 0.138 e. The normalized spacial score (nSPS) is 23.4. The van der Waals surface area contributed by atoms with Gasteiger partial charge in [-0.05, 0) is 47.4 Å². The van der Waals surface area contributed by atoms with Crippen molar-refractivity contribution in [2.24, 2.45) is 5.92 Å². The lowest BCUT2D eigenvalue weighted by Crippen LogP contribution is -2.18. The molecule has 0 bridgehead atoms. The second-order valence-electron chi connectivity index (χ2n) is 5.97. The average Bonchev–Trinajstić information content (AvgIpc) is 2.66. The van der Waals surface area contributed by atoms with Crippen LogP contribution in [0.3, 0.4) is 0 Å². The van der Waals surface area contributed by atoms with Crippen LogP contribution in [0.5, 0.6) is 0 Å². The fourth-order valence-corrected chi connectivity index (χ4v) is 4.10. The Balaban J connectivity index is 2.17. The molecule has 1 aliphatic carbocycles. The number of benzene rings is 1. The summed E-state index contributed by atoms with van der Waals surface area (Å²) in [5.41, 5.74) is 1.75. The molecule has 3 rings (SSSR count). The Bertz CT molecular complexity index is 655. The van der Waals surface area contributed by atoms with Crippen LogP contribution in [0.1, 0.15) is 50.9 Å². The molecule has 5 heteroatoms. The molecule has 2 unspecified atom stereocenters. The molecule has 0 radical (unpaired) electrons. The SMILES string of the molecule is CC1CCCCCC1n1c(CCl)nc2cc(I)c(F)cc21. The summed E-state index contributed by atoms with van der Waals surface area (Å²) in [6.07, 6.45) is 6.15. The van der Waals surface area contributed by atoms with Crippen LogP contribution in [0.4, 0.5) is 4.39 Å². The fourth-order valence-electron chi connectivity index (χ4n) is 3.46. The zero-order valence-corrected chi connectivity index (χ0v) is 15.0. The molecule has 1 heterocycles. The summed E-state index contributed by atoms with van der Waals surface area (Å²) < 4.78 is 16.8. The number of halogens is 3. The van der Waals surface area contributed by atoms with Crippen molar-refractivity contribution in [3.63, 3.8) is 0 Å². The molecule has 0 amide bonds. The highest BCUT2D eigenvalue weighted by atomic mass is 127. The van der Waals surface area contributed by atoms with E-state index in [1.54, 1.807) is 6.07 Å². The Morgan fingerprint density at radius 3 is 2.86 bits per heavy atom. The highest BCUT2D eigenvalue weighted by molar-refractivity contribution is 14.1. The molecule has 1 fully saturated rings. The molecule has 21 heavy (non-hydrogen) atoms. The summed E-state index contributed by atoms with van der Waals surface area (Å²) in [5.74, 6) is 1.64. The van der Waals surface area contributed by atoms with E-state index in [0.29, 0.717) is 21.4 Å². The molecular weight excluding hydrogens is 402 g/mol. The van der Waals surface area contributed by atoms with Crippen LogP contribution in [0.15, 0.2) is 12.1 Å². The molecule has 0 spiro atoms. The van der Waals surface area contributed by atoms with Crippen molar-refractivity contribution in [3.8, 4) is 0 Å². The first kappa shape index (κ1) is 15.5. The summed E-state index contributed by atoms with van der Waals surface area (Å²) in [4.78, 5) is 4.63. The Morgan fingerprint density at radius 2 is 2.10 bits per heavy atom. The van der Waals surface area contributed by atoms with E-state index >= 15 is 0 Å². The minimum atomic E-state index is -0.174. The van der Waals surface area contributed by atoms with Crippen LogP contribution < -0.4 is 0 Å². The van der Waals surface area contributed by atoms with Gasteiger partial charge in [-0.2, -0.15) is 0 Å². The fraction of sp³-hybridized carbons (Fsp3) is 0.562. The lowest BCUT2D eigenvalue weighted by Gasteiger charge is -2.25. The predicted molar refractivity (Wildman–Crippen MR) is 93.3 cm³/mol. The minimum Gasteiger partial charge on any atom is -0.323 e. The van der Waals surface area contributed by atoms with Crippen molar-refractivity contribution in [3.05, 3.63) is 27.3 Å². The first-order chi connectivity index (χ1) is 10.1. The third kappa shape index (κ3) is 2.93. The van der Waals surface area contributed by atoms with Crippen LogP contribution in [0.2, 0.25) is 0 Å². The standard InChI is InChI=1S/C16H19ClFIN2/c1-10-5-3-2-4-6-14(10)21-15-7-11(18)12(19)8-13(15)20-16(21)9-17/h7-8,10,14H,2-6,9H2,1H3. The second-order valence-corrected chi connectivity index (χ2v) is 7.40. The van der Waals surface area contributed by atoms with E-state index in [1.165, 1.54) is 25.7 Å². The monoisotopic (exact) mass is 420 g/mol. The van der Waals surface area contributed by atoms with Crippen LogP contribution >= 0.6 is 34.2 Å². The maximum atomic E-state index is 14.0. The van der Waals surface area contributed by atoms with Crippen LogP contribution in [0.25, 0.3) is 11.0 Å². The number of hydrogen-bond acceptors (Lipinski definition) is 1. The molecule has 1 saturated carbocycles. The van der Waals surface area contributed by atoms with Crippen LogP contribution in [-0.4, -0.2) is 9.55 Å². The zero-order valence-electron chi connectivity index (χ0n) is 12.1. The molecule has 2 nitrogen and oxygen atoms in total. The van der Waals surface area contributed by atoms with E-state index in [0.717, 1.165) is 23.3 Å². The van der Waals surface area contributed by atoms with Crippen molar-refractivity contribution < 1.29 is 4.39 Å². The quantitative estimate of drug-likeness (QED) is 0.348. The van der Waals surface area contributed by atoms with Crippen molar-refractivity contribution in [2.75, 3.05) is 0 Å². The molecule has 2 atom stereocenters. The van der Waals surface area contributed by atoms with Gasteiger partial charge in [-0.25, -0.2) is 9.37 Å². The zero-order chi connectivity index (χ0) is 15.0. The molecule has 114 valence electrons. The van der Waals surface area contributed by atoms with E-state index < -0.39 is 0 Å². The summed E-state index contributed by atoms with van der Waals surface area (Å²) in [5, 5.41) is 0. The third-order valence-corrected chi connectivity index (χ3v) is 5.64. The van der Waals surface area contributed by atoms with Gasteiger partial charge in [0, 0.05) is 12.1 Å². The molecule has 1 aromatic carbocycles. The molecule has 0 N–H and O–H groups in total. The Morgan fingerprint density at radius 1 is 1.33 bits per heavy atom. The smallest absolute Gasteiger partial charge is 0.138 e. The van der Waals surface area contributed by atoms with E-state index in [-0.39, 0.29) is 5.82 Å². The van der Waals surface area contributed by atoms with Gasteiger partial charge < -0.3 is 4.57 Å². The predicted octanol–water partition coefficient (Wildman–Crippen LogP) is 5.66. The summed E-state index contributed by atoms with van der Waals surface area (Å²) in [6.45, 7) is 2.29. The largest absolute Gasteiger partial charge is 0.323 e. The molecule has 1 aromatic heterocycles. The first-order valence-corrected chi connectivity index (χ1v) is 9.15. The number of alkyl halides is 1. The number of nitrogens with zero attached hydrogens (tertiary/aromatic N) is 2. The molecule has 1 aliphatic rings. The Kier molecular flexibility index (Phi) is 4.74. The molecule has 0 aliphatic heterocycles. The maximum absolute atomic E-state index is 14.0. The Hall–Kier alpha value is -0.360. The number of hydrogen-bond donors (Lipinski definition) is 0. The van der Waals surface area contributed by atoms with Gasteiger partial charge in [-0.1, -0.05) is 26.2 Å². The number of fused-ring (bicyclic) bond motifs is 1. The van der Waals surface area contributed by atoms with Crippen LogP contribution in [0, 0.1) is 15.3 Å². The highest BCUT2D eigenvalue weighted by Gasteiger charge is 2.26. The van der Waals surface area contributed by atoms with Gasteiger partial charge in [-0.3, -0.25) is 0 Å². The van der Waals surface area contributed by atoms with Crippen molar-refractivity contribution >= 4 is 45.2 Å².